The van der Waals surface area contributed by atoms with Crippen molar-refractivity contribution < 1.29 is 27.4 Å². The molecule has 1 unspecified atom stereocenters. The average molecular weight is 298 g/mol. The molecule has 1 aliphatic heterocycles. The lowest BCUT2D eigenvalue weighted by atomic mass is 10.2. The fourth-order valence-corrected chi connectivity index (χ4v) is 1.77. The van der Waals surface area contributed by atoms with Crippen LogP contribution in [0.1, 0.15) is 19.3 Å². The molecular formula is C12H21F3N2O3. The predicted molar refractivity (Wildman–Crippen MR) is 66.3 cm³/mol. The zero-order valence-electron chi connectivity index (χ0n) is 11.3. The molecule has 2 N–H and O–H groups in total. The topological polar surface area (TPSA) is 59.6 Å². The smallest absolute Gasteiger partial charge is 0.379 e. The molecule has 0 spiro atoms. The quantitative estimate of drug-likeness (QED) is 0.619. The molecule has 0 aromatic heterocycles. The molecule has 1 amide bonds. The molecule has 0 radical (unpaired) electrons. The maximum absolute atomic E-state index is 11.8. The second-order valence-corrected chi connectivity index (χ2v) is 4.63. The van der Waals surface area contributed by atoms with E-state index in [0.29, 0.717) is 26.2 Å². The molecule has 1 heterocycles. The SMILES string of the molecule is O=C(CNCC(F)(F)F)NCCCOCC1CCCO1. The third-order valence-electron chi connectivity index (χ3n) is 2.73. The maximum atomic E-state index is 11.8. The molecule has 0 aromatic rings. The molecule has 1 rings (SSSR count). The fraction of sp³-hybridized carbons (Fsp3) is 0.917. The van der Waals surface area contributed by atoms with E-state index in [1.54, 1.807) is 0 Å². The summed E-state index contributed by atoms with van der Waals surface area (Å²) in [6, 6.07) is 0. The Morgan fingerprint density at radius 3 is 2.85 bits per heavy atom. The molecule has 118 valence electrons. The first-order valence-corrected chi connectivity index (χ1v) is 6.71. The Labute approximate surface area is 116 Å². The Hall–Kier alpha value is -0.860. The number of rotatable bonds is 9. The summed E-state index contributed by atoms with van der Waals surface area (Å²) in [4.78, 5) is 11.2. The third-order valence-corrected chi connectivity index (χ3v) is 2.73. The van der Waals surface area contributed by atoms with Crippen molar-refractivity contribution in [1.29, 1.82) is 0 Å². The molecular weight excluding hydrogens is 277 g/mol. The van der Waals surface area contributed by atoms with Gasteiger partial charge in [0.05, 0.1) is 25.8 Å². The number of ether oxygens (including phenoxy) is 2. The first kappa shape index (κ1) is 17.2. The van der Waals surface area contributed by atoms with Crippen LogP contribution in [0, 0.1) is 0 Å². The normalized spacial score (nSPS) is 19.2. The molecule has 1 atom stereocenters. The van der Waals surface area contributed by atoms with Gasteiger partial charge < -0.3 is 20.1 Å². The van der Waals surface area contributed by atoms with Crippen molar-refractivity contribution in [2.75, 3.05) is 39.5 Å². The van der Waals surface area contributed by atoms with E-state index in [9.17, 15) is 18.0 Å². The van der Waals surface area contributed by atoms with Gasteiger partial charge in [0.1, 0.15) is 0 Å². The number of alkyl halides is 3. The van der Waals surface area contributed by atoms with Crippen molar-refractivity contribution in [3.63, 3.8) is 0 Å². The second-order valence-electron chi connectivity index (χ2n) is 4.63. The Bertz CT molecular complexity index is 282. The first-order valence-electron chi connectivity index (χ1n) is 6.71. The molecule has 1 fully saturated rings. The van der Waals surface area contributed by atoms with Crippen molar-refractivity contribution in [3.05, 3.63) is 0 Å². The number of hydrogen-bond acceptors (Lipinski definition) is 4. The van der Waals surface area contributed by atoms with Gasteiger partial charge in [-0.3, -0.25) is 4.79 Å². The molecule has 1 aliphatic rings. The second kappa shape index (κ2) is 9.15. The van der Waals surface area contributed by atoms with E-state index >= 15 is 0 Å². The van der Waals surface area contributed by atoms with E-state index in [4.69, 9.17) is 9.47 Å². The lowest BCUT2D eigenvalue weighted by Crippen LogP contribution is -2.38. The first-order chi connectivity index (χ1) is 9.47. The number of amides is 1. The third kappa shape index (κ3) is 9.11. The molecule has 0 aromatic carbocycles. The van der Waals surface area contributed by atoms with Crippen LogP contribution >= 0.6 is 0 Å². The highest BCUT2D eigenvalue weighted by atomic mass is 19.4. The van der Waals surface area contributed by atoms with Gasteiger partial charge in [0, 0.05) is 19.8 Å². The van der Waals surface area contributed by atoms with E-state index in [2.05, 4.69) is 5.32 Å². The van der Waals surface area contributed by atoms with Crippen LogP contribution in [0.5, 0.6) is 0 Å². The molecule has 0 aliphatic carbocycles. The zero-order valence-corrected chi connectivity index (χ0v) is 11.3. The summed E-state index contributed by atoms with van der Waals surface area (Å²) in [6.45, 7) is 0.728. The number of hydrogen-bond donors (Lipinski definition) is 2. The molecule has 1 saturated heterocycles. The van der Waals surface area contributed by atoms with Gasteiger partial charge in [-0.15, -0.1) is 0 Å². The van der Waals surface area contributed by atoms with Crippen molar-refractivity contribution in [2.24, 2.45) is 0 Å². The number of carbonyl (C=O) groups excluding carboxylic acids is 1. The van der Waals surface area contributed by atoms with E-state index in [1.165, 1.54) is 0 Å². The van der Waals surface area contributed by atoms with Crippen LogP contribution in [-0.4, -0.2) is 57.6 Å². The van der Waals surface area contributed by atoms with Crippen molar-refractivity contribution >= 4 is 5.91 Å². The standard InChI is InChI=1S/C12H21F3N2O3/c13-12(14,15)9-16-7-11(18)17-4-2-5-19-8-10-3-1-6-20-10/h10,16H,1-9H2,(H,17,18). The highest BCUT2D eigenvalue weighted by Crippen LogP contribution is 2.12. The number of carbonyl (C=O) groups is 1. The predicted octanol–water partition coefficient (Wildman–Crippen LogP) is 0.840. The van der Waals surface area contributed by atoms with Gasteiger partial charge in [0.25, 0.3) is 0 Å². The van der Waals surface area contributed by atoms with Crippen LogP contribution in [0.3, 0.4) is 0 Å². The Balaban J connectivity index is 1.86. The molecule has 0 bridgehead atoms. The molecule has 5 nitrogen and oxygen atoms in total. The molecule has 0 saturated carbocycles. The lowest BCUT2D eigenvalue weighted by Gasteiger charge is -2.11. The lowest BCUT2D eigenvalue weighted by molar-refractivity contribution is -0.128. The Kier molecular flexibility index (Phi) is 7.86. The largest absolute Gasteiger partial charge is 0.401 e. The van der Waals surface area contributed by atoms with Crippen LogP contribution in [0.4, 0.5) is 13.2 Å². The highest BCUT2D eigenvalue weighted by Gasteiger charge is 2.26. The fourth-order valence-electron chi connectivity index (χ4n) is 1.77. The van der Waals surface area contributed by atoms with Crippen molar-refractivity contribution in [2.45, 2.75) is 31.5 Å². The van der Waals surface area contributed by atoms with E-state index < -0.39 is 18.6 Å². The van der Waals surface area contributed by atoms with E-state index in [1.807, 2.05) is 5.32 Å². The summed E-state index contributed by atoms with van der Waals surface area (Å²) in [5.74, 6) is -0.451. The van der Waals surface area contributed by atoms with Crippen LogP contribution in [0.15, 0.2) is 0 Å². The minimum atomic E-state index is -4.30. The Morgan fingerprint density at radius 2 is 2.20 bits per heavy atom. The van der Waals surface area contributed by atoms with E-state index in [0.717, 1.165) is 19.4 Å². The average Bonchev–Trinajstić information content (AvgIpc) is 2.85. The summed E-state index contributed by atoms with van der Waals surface area (Å²) in [6.07, 6.45) is -1.42. The van der Waals surface area contributed by atoms with Gasteiger partial charge in [-0.2, -0.15) is 13.2 Å². The minimum absolute atomic E-state index is 0.177. The highest BCUT2D eigenvalue weighted by molar-refractivity contribution is 5.77. The molecule has 20 heavy (non-hydrogen) atoms. The van der Waals surface area contributed by atoms with Crippen LogP contribution in [0.2, 0.25) is 0 Å². The van der Waals surface area contributed by atoms with Crippen LogP contribution < -0.4 is 10.6 Å². The zero-order chi connectivity index (χ0) is 14.8. The van der Waals surface area contributed by atoms with E-state index in [-0.39, 0.29) is 12.6 Å². The number of nitrogens with one attached hydrogen (secondary N) is 2. The van der Waals surface area contributed by atoms with Crippen molar-refractivity contribution in [3.8, 4) is 0 Å². The van der Waals surface area contributed by atoms with Gasteiger partial charge in [-0.05, 0) is 19.3 Å². The maximum Gasteiger partial charge on any atom is 0.401 e. The van der Waals surface area contributed by atoms with Crippen LogP contribution in [-0.2, 0) is 14.3 Å². The van der Waals surface area contributed by atoms with Gasteiger partial charge in [-0.25, -0.2) is 0 Å². The summed E-state index contributed by atoms with van der Waals surface area (Å²) in [7, 11) is 0. The van der Waals surface area contributed by atoms with Gasteiger partial charge in [0.15, 0.2) is 0 Å². The monoisotopic (exact) mass is 298 g/mol. The van der Waals surface area contributed by atoms with Gasteiger partial charge in [0.2, 0.25) is 5.91 Å². The van der Waals surface area contributed by atoms with Crippen LogP contribution in [0.25, 0.3) is 0 Å². The molecule has 8 heteroatoms. The van der Waals surface area contributed by atoms with Gasteiger partial charge >= 0.3 is 6.18 Å². The Morgan fingerprint density at radius 1 is 1.40 bits per heavy atom. The summed E-state index contributed by atoms with van der Waals surface area (Å²) < 4.78 is 46.2. The van der Waals surface area contributed by atoms with Crippen molar-refractivity contribution in [1.82, 2.24) is 10.6 Å². The number of halogens is 3. The summed E-state index contributed by atoms with van der Waals surface area (Å²) in [5, 5.41) is 4.55. The van der Waals surface area contributed by atoms with Gasteiger partial charge in [-0.1, -0.05) is 0 Å². The minimum Gasteiger partial charge on any atom is -0.379 e. The summed E-state index contributed by atoms with van der Waals surface area (Å²) in [5.41, 5.74) is 0. The summed E-state index contributed by atoms with van der Waals surface area (Å²) >= 11 is 0.